The van der Waals surface area contributed by atoms with Crippen LogP contribution in [0.25, 0.3) is 10.4 Å². The van der Waals surface area contributed by atoms with Crippen LogP contribution in [0.15, 0.2) is 35.4 Å². The van der Waals surface area contributed by atoms with Crippen LogP contribution in [0.4, 0.5) is 16.3 Å². The second kappa shape index (κ2) is 10.7. The van der Waals surface area contributed by atoms with E-state index in [2.05, 4.69) is 15.7 Å². The molecule has 0 atom stereocenters. The van der Waals surface area contributed by atoms with Crippen molar-refractivity contribution in [2.75, 3.05) is 5.32 Å². The summed E-state index contributed by atoms with van der Waals surface area (Å²) in [6, 6.07) is 7.61. The monoisotopic (exact) mass is 558 g/mol. The molecule has 10 nitrogen and oxygen atoms in total. The van der Waals surface area contributed by atoms with Crippen molar-refractivity contribution in [3.8, 4) is 10.4 Å². The predicted octanol–water partition coefficient (Wildman–Crippen LogP) is 5.20. The Morgan fingerprint density at radius 3 is 2.55 bits per heavy atom. The Morgan fingerprint density at radius 1 is 1.16 bits per heavy atom. The van der Waals surface area contributed by atoms with E-state index in [9.17, 15) is 13.2 Å². The van der Waals surface area contributed by atoms with Crippen LogP contribution in [0.3, 0.4) is 0 Å². The maximum atomic E-state index is 12.6. The normalized spacial score (nSPS) is 19.9. The molecule has 2 heterocycles. The molecule has 0 spiro atoms. The number of ether oxygens (including phenoxy) is 1. The summed E-state index contributed by atoms with van der Waals surface area (Å²) in [5.74, 6) is 0.913. The summed E-state index contributed by atoms with van der Waals surface area (Å²) in [6.07, 6.45) is 7.12. The van der Waals surface area contributed by atoms with Crippen LogP contribution in [0, 0.1) is 6.92 Å². The number of aromatic nitrogens is 3. The number of nitrogens with zero attached hydrogens (tertiary/aromatic N) is 3. The number of nitrogens with two attached hydrogens (primary N) is 1. The van der Waals surface area contributed by atoms with E-state index >= 15 is 0 Å². The van der Waals surface area contributed by atoms with Crippen molar-refractivity contribution in [2.24, 2.45) is 5.14 Å². The number of carbonyl (C=O) groups is 1. The number of alkyl carbamates (subject to hydrolysis) is 1. The maximum Gasteiger partial charge on any atom is 0.407 e. The third-order valence-corrected chi connectivity index (χ3v) is 9.19. The molecule has 5 rings (SSSR count). The van der Waals surface area contributed by atoms with Crippen LogP contribution in [0.1, 0.15) is 75.0 Å². The number of primary sulfonamides is 1. The standard InChI is InChI=1S/C26H34N6O4S2/c1-15(2)36-26(33)30-18-6-4-17(5-7-18)25-28-16(3)24(37-25)21-11-8-19(14-22(21)38(27,34)35)29-23-12-13-32(31-23)20-9-10-20/h8,11-15,17-18,20H,4-7,9-10H2,1-3H3,(H,29,31)(H,30,33)(H2,27,34,35). The minimum Gasteiger partial charge on any atom is -0.447 e. The summed E-state index contributed by atoms with van der Waals surface area (Å²) in [5, 5.41) is 17.3. The lowest BCUT2D eigenvalue weighted by atomic mass is 9.86. The van der Waals surface area contributed by atoms with Gasteiger partial charge in [-0.05, 0) is 71.4 Å². The van der Waals surface area contributed by atoms with Crippen LogP contribution >= 0.6 is 11.3 Å². The lowest BCUT2D eigenvalue weighted by Gasteiger charge is -2.28. The molecule has 1 aromatic carbocycles. The molecule has 2 aliphatic rings. The van der Waals surface area contributed by atoms with Crippen LogP contribution in [-0.4, -0.2) is 41.4 Å². The predicted molar refractivity (Wildman–Crippen MR) is 147 cm³/mol. The Kier molecular flexibility index (Phi) is 7.47. The van der Waals surface area contributed by atoms with Gasteiger partial charge in [-0.15, -0.1) is 11.3 Å². The van der Waals surface area contributed by atoms with Crippen LogP contribution in [0.2, 0.25) is 0 Å². The van der Waals surface area contributed by atoms with Crippen molar-refractivity contribution in [3.63, 3.8) is 0 Å². The molecule has 204 valence electrons. The Labute approximate surface area is 227 Å². The van der Waals surface area contributed by atoms with Crippen LogP contribution in [0.5, 0.6) is 0 Å². The molecule has 2 fully saturated rings. The molecule has 2 saturated carbocycles. The molecular formula is C26H34N6O4S2. The summed E-state index contributed by atoms with van der Waals surface area (Å²) < 4.78 is 32.4. The highest BCUT2D eigenvalue weighted by molar-refractivity contribution is 7.89. The van der Waals surface area contributed by atoms with Crippen molar-refractivity contribution in [2.45, 2.75) is 88.3 Å². The molecule has 0 bridgehead atoms. The minimum absolute atomic E-state index is 0.0546. The number of nitrogens with one attached hydrogen (secondary N) is 2. The van der Waals surface area contributed by atoms with E-state index in [0.717, 1.165) is 54.1 Å². The average Bonchev–Trinajstić information content (AvgIpc) is 3.47. The van der Waals surface area contributed by atoms with E-state index < -0.39 is 10.0 Å². The zero-order valence-electron chi connectivity index (χ0n) is 21.8. The first-order chi connectivity index (χ1) is 18.1. The number of anilines is 2. The van der Waals surface area contributed by atoms with Crippen LogP contribution in [-0.2, 0) is 14.8 Å². The highest BCUT2D eigenvalue weighted by Crippen LogP contribution is 2.42. The van der Waals surface area contributed by atoms with Gasteiger partial charge in [0.15, 0.2) is 5.82 Å². The number of thiazole rings is 1. The van der Waals surface area contributed by atoms with Crippen molar-refractivity contribution < 1.29 is 17.9 Å². The number of hydrogen-bond donors (Lipinski definition) is 3. The fraction of sp³-hybridized carbons (Fsp3) is 0.500. The molecular weight excluding hydrogens is 524 g/mol. The molecule has 12 heteroatoms. The van der Waals surface area contributed by atoms with E-state index in [1.54, 1.807) is 12.1 Å². The lowest BCUT2D eigenvalue weighted by molar-refractivity contribution is 0.109. The Balaban J connectivity index is 1.32. The van der Waals surface area contributed by atoms with Gasteiger partial charge in [-0.1, -0.05) is 6.07 Å². The summed E-state index contributed by atoms with van der Waals surface area (Å²) in [7, 11) is -3.99. The van der Waals surface area contributed by atoms with Crippen LogP contribution < -0.4 is 15.8 Å². The highest BCUT2D eigenvalue weighted by Gasteiger charge is 2.28. The quantitative estimate of drug-likeness (QED) is 0.345. The van der Waals surface area contributed by atoms with E-state index in [1.165, 1.54) is 11.3 Å². The fourth-order valence-corrected chi connectivity index (χ4v) is 6.97. The SMILES string of the molecule is Cc1nc(C2CCC(NC(=O)OC(C)C)CC2)sc1-c1ccc(Nc2ccn(C3CC3)n2)cc1S(N)(=O)=O. The van der Waals surface area contributed by atoms with Gasteiger partial charge < -0.3 is 15.4 Å². The Hall–Kier alpha value is -2.96. The maximum absolute atomic E-state index is 12.6. The molecule has 0 radical (unpaired) electrons. The van der Waals surface area contributed by atoms with Gasteiger partial charge in [0.2, 0.25) is 10.0 Å². The molecule has 0 aliphatic heterocycles. The highest BCUT2D eigenvalue weighted by atomic mass is 32.2. The Bertz CT molecular complexity index is 1420. The van der Waals surface area contributed by atoms with Gasteiger partial charge >= 0.3 is 6.09 Å². The lowest BCUT2D eigenvalue weighted by Crippen LogP contribution is -2.38. The van der Waals surface area contributed by atoms with E-state index in [1.807, 2.05) is 43.8 Å². The molecule has 3 aromatic rings. The molecule has 0 saturated heterocycles. The molecule has 1 amide bonds. The van der Waals surface area contributed by atoms with Crippen molar-refractivity contribution in [1.29, 1.82) is 0 Å². The van der Waals surface area contributed by atoms with E-state index in [0.29, 0.717) is 23.1 Å². The summed E-state index contributed by atoms with van der Waals surface area (Å²) in [6.45, 7) is 5.55. The van der Waals surface area contributed by atoms with Gasteiger partial charge in [0.25, 0.3) is 0 Å². The van der Waals surface area contributed by atoms with Crippen molar-refractivity contribution in [3.05, 3.63) is 41.2 Å². The zero-order valence-corrected chi connectivity index (χ0v) is 23.4. The minimum atomic E-state index is -3.99. The van der Waals surface area contributed by atoms with Gasteiger partial charge in [0.1, 0.15) is 0 Å². The number of benzene rings is 1. The summed E-state index contributed by atoms with van der Waals surface area (Å²) >= 11 is 1.52. The zero-order chi connectivity index (χ0) is 27.0. The van der Waals surface area contributed by atoms with Gasteiger partial charge in [-0.3, -0.25) is 4.68 Å². The number of aryl methyl sites for hydroxylation is 1. The topological polar surface area (TPSA) is 141 Å². The van der Waals surface area contributed by atoms with E-state index in [4.69, 9.17) is 14.9 Å². The van der Waals surface area contributed by atoms with Gasteiger partial charge in [-0.2, -0.15) is 5.10 Å². The molecule has 2 aliphatic carbocycles. The average molecular weight is 559 g/mol. The number of sulfonamides is 1. The second-order valence-corrected chi connectivity index (χ2v) is 13.0. The first-order valence-electron chi connectivity index (χ1n) is 13.0. The van der Waals surface area contributed by atoms with E-state index in [-0.39, 0.29) is 29.1 Å². The largest absolute Gasteiger partial charge is 0.447 e. The first-order valence-corrected chi connectivity index (χ1v) is 15.4. The fourth-order valence-electron chi connectivity index (χ4n) is 4.86. The molecule has 0 unspecified atom stereocenters. The summed E-state index contributed by atoms with van der Waals surface area (Å²) in [4.78, 5) is 17.6. The smallest absolute Gasteiger partial charge is 0.407 e. The number of hydrogen-bond acceptors (Lipinski definition) is 8. The second-order valence-electron chi connectivity index (χ2n) is 10.4. The summed E-state index contributed by atoms with van der Waals surface area (Å²) in [5.41, 5.74) is 1.93. The molecule has 4 N–H and O–H groups in total. The first kappa shape index (κ1) is 26.6. The third-order valence-electron chi connectivity index (χ3n) is 6.89. The third kappa shape index (κ3) is 6.19. The van der Waals surface area contributed by atoms with Gasteiger partial charge in [0, 0.05) is 35.5 Å². The molecule has 2 aromatic heterocycles. The van der Waals surface area contributed by atoms with Crippen molar-refractivity contribution in [1.82, 2.24) is 20.1 Å². The Morgan fingerprint density at radius 2 is 1.89 bits per heavy atom. The number of amides is 1. The van der Waals surface area contributed by atoms with Gasteiger partial charge in [0.05, 0.1) is 32.6 Å². The number of carbonyl (C=O) groups excluding carboxylic acids is 1. The van der Waals surface area contributed by atoms with Gasteiger partial charge in [-0.25, -0.2) is 23.3 Å². The van der Waals surface area contributed by atoms with Crippen molar-refractivity contribution >= 4 is 39.0 Å². The number of rotatable bonds is 8. The molecule has 38 heavy (non-hydrogen) atoms.